The molecule has 0 bridgehead atoms. The lowest BCUT2D eigenvalue weighted by Gasteiger charge is -2.00. The topological polar surface area (TPSA) is 29.3 Å². The Morgan fingerprint density at radius 3 is 3.24 bits per heavy atom. The zero-order valence-electron chi connectivity index (χ0n) is 10.3. The van der Waals surface area contributed by atoms with Crippen LogP contribution < -0.4 is 5.32 Å². The molecule has 2 unspecified atom stereocenters. The van der Waals surface area contributed by atoms with E-state index < -0.39 is 0 Å². The van der Waals surface area contributed by atoms with Crippen LogP contribution in [-0.2, 0) is 0 Å². The van der Waals surface area contributed by atoms with Crippen LogP contribution >= 0.6 is 0 Å². The van der Waals surface area contributed by atoms with Crippen molar-refractivity contribution in [1.29, 1.82) is 0 Å². The molecule has 3 nitrogen and oxygen atoms in total. The van der Waals surface area contributed by atoms with Gasteiger partial charge >= 0.3 is 0 Å². The van der Waals surface area contributed by atoms with Crippen molar-refractivity contribution in [2.24, 2.45) is 5.92 Å². The summed E-state index contributed by atoms with van der Waals surface area (Å²) in [5, 5.41) is 3.50. The molecule has 0 saturated heterocycles. The van der Waals surface area contributed by atoms with Crippen molar-refractivity contribution in [3.63, 3.8) is 0 Å². The first-order chi connectivity index (χ1) is 8.38. The Kier molecular flexibility index (Phi) is 2.85. The minimum absolute atomic E-state index is 0.680. The second kappa shape index (κ2) is 4.49. The normalized spacial score (nSPS) is 23.1. The van der Waals surface area contributed by atoms with Crippen molar-refractivity contribution in [3.8, 4) is 0 Å². The van der Waals surface area contributed by atoms with Gasteiger partial charge in [0.25, 0.3) is 0 Å². The van der Waals surface area contributed by atoms with Crippen molar-refractivity contribution in [2.45, 2.75) is 25.7 Å². The van der Waals surface area contributed by atoms with Gasteiger partial charge in [-0.1, -0.05) is 13.0 Å². The third-order valence-electron chi connectivity index (χ3n) is 3.52. The summed E-state index contributed by atoms with van der Waals surface area (Å²) in [6.45, 7) is 4.49. The van der Waals surface area contributed by atoms with Crippen LogP contribution in [0.2, 0.25) is 0 Å². The van der Waals surface area contributed by atoms with Gasteiger partial charge in [0.2, 0.25) is 0 Å². The highest BCUT2D eigenvalue weighted by Crippen LogP contribution is 2.46. The van der Waals surface area contributed by atoms with Gasteiger partial charge in [-0.05, 0) is 44.0 Å². The van der Waals surface area contributed by atoms with E-state index in [0.717, 1.165) is 24.7 Å². The molecule has 2 atom stereocenters. The van der Waals surface area contributed by atoms with Crippen LogP contribution in [0.15, 0.2) is 30.6 Å². The molecule has 1 aliphatic rings. The van der Waals surface area contributed by atoms with Crippen LogP contribution in [0.4, 0.5) is 0 Å². The van der Waals surface area contributed by atoms with Crippen LogP contribution in [0.25, 0.3) is 5.65 Å². The van der Waals surface area contributed by atoms with Gasteiger partial charge in [0.1, 0.15) is 5.65 Å². The van der Waals surface area contributed by atoms with E-state index in [0.29, 0.717) is 5.92 Å². The van der Waals surface area contributed by atoms with E-state index in [-0.39, 0.29) is 0 Å². The van der Waals surface area contributed by atoms with Gasteiger partial charge in [-0.3, -0.25) is 0 Å². The first-order valence-corrected chi connectivity index (χ1v) is 6.53. The third kappa shape index (κ3) is 2.20. The van der Waals surface area contributed by atoms with E-state index in [1.54, 1.807) is 0 Å². The van der Waals surface area contributed by atoms with Crippen LogP contribution in [0.5, 0.6) is 0 Å². The van der Waals surface area contributed by atoms with Gasteiger partial charge in [-0.25, -0.2) is 4.98 Å². The lowest BCUT2D eigenvalue weighted by atomic mass is 10.2. The molecule has 1 fully saturated rings. The minimum atomic E-state index is 0.680. The van der Waals surface area contributed by atoms with E-state index >= 15 is 0 Å². The van der Waals surface area contributed by atoms with Crippen LogP contribution in [-0.4, -0.2) is 22.5 Å². The zero-order valence-corrected chi connectivity index (χ0v) is 10.3. The largest absolute Gasteiger partial charge is 0.316 e. The van der Waals surface area contributed by atoms with E-state index in [1.165, 1.54) is 18.5 Å². The predicted molar refractivity (Wildman–Crippen MR) is 69.2 cm³/mol. The summed E-state index contributed by atoms with van der Waals surface area (Å²) >= 11 is 0. The first-order valence-electron chi connectivity index (χ1n) is 6.53. The summed E-state index contributed by atoms with van der Waals surface area (Å²) in [5.41, 5.74) is 2.33. The number of hydrogen-bond acceptors (Lipinski definition) is 2. The Labute approximate surface area is 102 Å². The molecule has 0 spiro atoms. The molecule has 90 valence electrons. The van der Waals surface area contributed by atoms with Gasteiger partial charge in [0.15, 0.2) is 0 Å². The summed E-state index contributed by atoms with van der Waals surface area (Å²) in [6.07, 6.45) is 6.75. The Balaban J connectivity index is 1.66. The van der Waals surface area contributed by atoms with E-state index in [2.05, 4.69) is 40.1 Å². The van der Waals surface area contributed by atoms with Gasteiger partial charge < -0.3 is 9.72 Å². The molecule has 2 heterocycles. The van der Waals surface area contributed by atoms with Gasteiger partial charge in [-0.15, -0.1) is 0 Å². The fraction of sp³-hybridized carbons (Fsp3) is 0.500. The molecular weight excluding hydrogens is 210 g/mol. The van der Waals surface area contributed by atoms with Gasteiger partial charge in [-0.2, -0.15) is 0 Å². The summed E-state index contributed by atoms with van der Waals surface area (Å²) in [4.78, 5) is 4.69. The van der Waals surface area contributed by atoms with Crippen molar-refractivity contribution < 1.29 is 0 Å². The monoisotopic (exact) mass is 229 g/mol. The molecule has 0 aromatic carbocycles. The number of aromatic nitrogens is 2. The highest BCUT2D eigenvalue weighted by atomic mass is 15.0. The summed E-state index contributed by atoms with van der Waals surface area (Å²) in [6, 6.07) is 6.15. The molecule has 2 aromatic rings. The molecule has 1 N–H and O–H groups in total. The van der Waals surface area contributed by atoms with E-state index in [9.17, 15) is 0 Å². The Bertz CT molecular complexity index is 470. The van der Waals surface area contributed by atoms with Gasteiger partial charge in [0, 0.05) is 18.3 Å². The maximum Gasteiger partial charge on any atom is 0.136 e. The van der Waals surface area contributed by atoms with E-state index in [1.807, 2.05) is 12.1 Å². The fourth-order valence-electron chi connectivity index (χ4n) is 2.43. The Hall–Kier alpha value is -1.35. The molecule has 3 heteroatoms. The molecule has 0 radical (unpaired) electrons. The smallest absolute Gasteiger partial charge is 0.136 e. The summed E-state index contributed by atoms with van der Waals surface area (Å²) in [5.74, 6) is 1.48. The highest BCUT2D eigenvalue weighted by molar-refractivity contribution is 5.41. The van der Waals surface area contributed by atoms with Crippen LogP contribution in [0, 0.1) is 5.92 Å². The molecule has 1 saturated carbocycles. The lowest BCUT2D eigenvalue weighted by molar-refractivity contribution is 0.618. The molecule has 3 rings (SSSR count). The number of nitrogens with one attached hydrogen (secondary N) is 1. The zero-order chi connectivity index (χ0) is 11.7. The van der Waals surface area contributed by atoms with Crippen LogP contribution in [0.1, 0.15) is 31.4 Å². The minimum Gasteiger partial charge on any atom is -0.316 e. The number of fused-ring (bicyclic) bond motifs is 1. The molecule has 17 heavy (non-hydrogen) atoms. The number of rotatable bonds is 5. The average molecular weight is 229 g/mol. The number of hydrogen-bond donors (Lipinski definition) is 1. The second-order valence-corrected chi connectivity index (χ2v) is 4.94. The third-order valence-corrected chi connectivity index (χ3v) is 3.52. The summed E-state index contributed by atoms with van der Waals surface area (Å²) in [7, 11) is 0. The fourth-order valence-corrected chi connectivity index (χ4v) is 2.43. The number of imidazole rings is 1. The van der Waals surface area contributed by atoms with E-state index in [4.69, 9.17) is 0 Å². The van der Waals surface area contributed by atoms with Crippen molar-refractivity contribution >= 4 is 5.65 Å². The lowest BCUT2D eigenvalue weighted by Crippen LogP contribution is -2.17. The molecule has 1 aliphatic carbocycles. The molecule has 2 aromatic heterocycles. The molecule has 0 amide bonds. The Morgan fingerprint density at radius 2 is 2.41 bits per heavy atom. The highest BCUT2D eigenvalue weighted by Gasteiger charge is 2.39. The Morgan fingerprint density at radius 1 is 1.47 bits per heavy atom. The number of pyridine rings is 1. The maximum atomic E-state index is 4.69. The maximum absolute atomic E-state index is 4.69. The summed E-state index contributed by atoms with van der Waals surface area (Å²) < 4.78 is 2.12. The standard InChI is InChI=1S/C14H19N3/c1-2-6-15-9-11-8-12(11)13-10-17-7-4-3-5-14(17)16-13/h3-5,7,10-12,15H,2,6,8-9H2,1H3. The van der Waals surface area contributed by atoms with Crippen molar-refractivity contribution in [2.75, 3.05) is 13.1 Å². The van der Waals surface area contributed by atoms with Crippen molar-refractivity contribution in [1.82, 2.24) is 14.7 Å². The first kappa shape index (κ1) is 10.8. The molecular formula is C14H19N3. The second-order valence-electron chi connectivity index (χ2n) is 4.94. The van der Waals surface area contributed by atoms with Crippen LogP contribution in [0.3, 0.4) is 0 Å². The quantitative estimate of drug-likeness (QED) is 0.798. The molecule has 0 aliphatic heterocycles. The SMILES string of the molecule is CCCNCC1CC1c1cn2ccccc2n1. The van der Waals surface area contributed by atoms with Crippen molar-refractivity contribution in [3.05, 3.63) is 36.3 Å². The number of nitrogens with zero attached hydrogens (tertiary/aromatic N) is 2. The van der Waals surface area contributed by atoms with Gasteiger partial charge in [0.05, 0.1) is 5.69 Å². The average Bonchev–Trinajstić information content (AvgIpc) is 2.99. The predicted octanol–water partition coefficient (Wildman–Crippen LogP) is 2.44.